The van der Waals surface area contributed by atoms with Crippen LogP contribution in [0.2, 0.25) is 0 Å². The van der Waals surface area contributed by atoms with Gasteiger partial charge in [0, 0.05) is 17.8 Å². The molecular weight excluding hydrogens is 470 g/mol. The summed E-state index contributed by atoms with van der Waals surface area (Å²) < 4.78 is 55.6. The summed E-state index contributed by atoms with van der Waals surface area (Å²) in [6.07, 6.45) is -3.76. The van der Waals surface area contributed by atoms with Crippen LogP contribution in [0.5, 0.6) is 0 Å². The molecule has 0 saturated heterocycles. The van der Waals surface area contributed by atoms with Crippen LogP contribution in [0.25, 0.3) is 0 Å². The third kappa shape index (κ3) is 4.54. The maximum atomic E-state index is 14.2. The molecule has 10 heteroatoms. The molecular formula is C20H16BrF4N3O2. The molecule has 0 unspecified atom stereocenters. The van der Waals surface area contributed by atoms with Gasteiger partial charge >= 0.3 is 11.9 Å². The van der Waals surface area contributed by atoms with E-state index in [1.165, 1.54) is 0 Å². The lowest BCUT2D eigenvalue weighted by Crippen LogP contribution is -2.42. The van der Waals surface area contributed by atoms with Crippen LogP contribution < -0.4 is 17.0 Å². The second-order valence-corrected chi connectivity index (χ2v) is 7.44. The Morgan fingerprint density at radius 2 is 1.70 bits per heavy atom. The molecule has 0 spiro atoms. The van der Waals surface area contributed by atoms with Gasteiger partial charge in [0.1, 0.15) is 5.82 Å². The summed E-state index contributed by atoms with van der Waals surface area (Å²) in [7, 11) is 0. The lowest BCUT2D eigenvalue weighted by Gasteiger charge is -2.17. The maximum absolute atomic E-state index is 14.2. The van der Waals surface area contributed by atoms with E-state index in [1.807, 2.05) is 0 Å². The smallest absolute Gasteiger partial charge is 0.322 e. The number of rotatable bonds is 5. The first-order valence-corrected chi connectivity index (χ1v) is 9.53. The topological polar surface area (TPSA) is 70.0 Å². The zero-order chi connectivity index (χ0) is 22.1. The summed E-state index contributed by atoms with van der Waals surface area (Å²) in [6, 6.07) is 10.6. The van der Waals surface area contributed by atoms with Crippen molar-refractivity contribution in [2.75, 3.05) is 0 Å². The first kappa shape index (κ1) is 22.0. The molecule has 0 bridgehead atoms. The molecule has 0 radical (unpaired) electrons. The number of nitrogens with zero attached hydrogens (tertiary/aromatic N) is 2. The van der Waals surface area contributed by atoms with Crippen molar-refractivity contribution in [2.45, 2.75) is 25.3 Å². The van der Waals surface area contributed by atoms with Gasteiger partial charge in [0.25, 0.3) is 5.56 Å². The van der Waals surface area contributed by atoms with E-state index in [9.17, 15) is 27.2 Å². The monoisotopic (exact) mass is 485 g/mol. The number of alkyl halides is 3. The fourth-order valence-corrected chi connectivity index (χ4v) is 3.51. The van der Waals surface area contributed by atoms with Crippen molar-refractivity contribution in [1.82, 2.24) is 9.13 Å². The van der Waals surface area contributed by atoms with E-state index >= 15 is 0 Å². The Bertz CT molecular complexity index is 1170. The molecule has 2 N–H and O–H groups in total. The van der Waals surface area contributed by atoms with Gasteiger partial charge in [0.05, 0.1) is 23.1 Å². The lowest BCUT2D eigenvalue weighted by atomic mass is 10.1. The summed E-state index contributed by atoms with van der Waals surface area (Å²) in [5, 5.41) is 0. The highest BCUT2D eigenvalue weighted by Crippen LogP contribution is 2.33. The summed E-state index contributed by atoms with van der Waals surface area (Å²) in [4.78, 5) is 25.3. The highest BCUT2D eigenvalue weighted by atomic mass is 79.9. The molecule has 0 amide bonds. The average Bonchev–Trinajstić information content (AvgIpc) is 2.70. The van der Waals surface area contributed by atoms with E-state index in [2.05, 4.69) is 15.9 Å². The molecule has 1 heterocycles. The predicted octanol–water partition coefficient (Wildman–Crippen LogP) is 3.68. The van der Waals surface area contributed by atoms with Gasteiger partial charge in [-0.15, -0.1) is 0 Å². The Kier molecular flexibility index (Phi) is 6.27. The Balaban J connectivity index is 2.05. The largest absolute Gasteiger partial charge is 0.416 e. The Hall–Kier alpha value is -2.72. The molecule has 1 atom stereocenters. The molecule has 0 aliphatic rings. The third-order valence-electron chi connectivity index (χ3n) is 4.55. The van der Waals surface area contributed by atoms with E-state index in [0.29, 0.717) is 5.56 Å². The number of hydrogen-bond acceptors (Lipinski definition) is 3. The standard InChI is InChI=1S/C20H16BrF4N3O2/c21-15-10-27(9-13-14(20(23,24)25)7-4-8-16(13)22)19(30)28(18(15)29)11-17(26)12-5-2-1-3-6-12/h1-8,10,17H,9,11,26H2/t17-/m0/s1. The third-order valence-corrected chi connectivity index (χ3v) is 5.10. The minimum Gasteiger partial charge on any atom is -0.322 e. The quantitative estimate of drug-likeness (QED) is 0.560. The SMILES string of the molecule is N[C@@H](Cn1c(=O)c(Br)cn(Cc2c(F)cccc2C(F)(F)F)c1=O)c1ccccc1. The number of benzene rings is 2. The lowest BCUT2D eigenvalue weighted by molar-refractivity contribution is -0.138. The molecule has 158 valence electrons. The predicted molar refractivity (Wildman–Crippen MR) is 107 cm³/mol. The van der Waals surface area contributed by atoms with Crippen molar-refractivity contribution in [3.05, 3.63) is 103 Å². The average molecular weight is 486 g/mol. The van der Waals surface area contributed by atoms with Crippen molar-refractivity contribution in [2.24, 2.45) is 5.73 Å². The molecule has 5 nitrogen and oxygen atoms in total. The molecule has 30 heavy (non-hydrogen) atoms. The van der Waals surface area contributed by atoms with Crippen LogP contribution in [0, 0.1) is 5.82 Å². The molecule has 3 aromatic rings. The Labute approximate surface area is 176 Å². The number of hydrogen-bond donors (Lipinski definition) is 1. The van der Waals surface area contributed by atoms with Gasteiger partial charge in [-0.2, -0.15) is 13.2 Å². The van der Waals surface area contributed by atoms with E-state index in [1.54, 1.807) is 30.3 Å². The molecule has 3 rings (SSSR count). The zero-order valence-electron chi connectivity index (χ0n) is 15.4. The van der Waals surface area contributed by atoms with Crippen LogP contribution in [0.15, 0.2) is 68.8 Å². The summed E-state index contributed by atoms with van der Waals surface area (Å²) in [5.41, 5.74) is 3.29. The van der Waals surface area contributed by atoms with Crippen LogP contribution in [0.1, 0.15) is 22.7 Å². The van der Waals surface area contributed by atoms with E-state index in [0.717, 1.165) is 33.5 Å². The fourth-order valence-electron chi connectivity index (χ4n) is 3.05. The number of halogens is 5. The Morgan fingerprint density at radius 1 is 1.03 bits per heavy atom. The normalized spacial score (nSPS) is 12.7. The fraction of sp³-hybridized carbons (Fsp3) is 0.200. The molecule has 1 aromatic heterocycles. The van der Waals surface area contributed by atoms with Crippen LogP contribution >= 0.6 is 15.9 Å². The van der Waals surface area contributed by atoms with Gasteiger partial charge in [-0.25, -0.2) is 9.18 Å². The Morgan fingerprint density at radius 3 is 2.33 bits per heavy atom. The highest BCUT2D eigenvalue weighted by Gasteiger charge is 2.34. The minimum absolute atomic E-state index is 0.0627. The van der Waals surface area contributed by atoms with Gasteiger partial charge in [-0.3, -0.25) is 13.9 Å². The van der Waals surface area contributed by atoms with Crippen molar-refractivity contribution < 1.29 is 17.6 Å². The summed E-state index contributed by atoms with van der Waals surface area (Å²) >= 11 is 3.02. The van der Waals surface area contributed by atoms with Crippen LogP contribution in [0.3, 0.4) is 0 Å². The second-order valence-electron chi connectivity index (χ2n) is 6.58. The van der Waals surface area contributed by atoms with E-state index < -0.39 is 47.0 Å². The van der Waals surface area contributed by atoms with Gasteiger partial charge in [0.2, 0.25) is 0 Å². The zero-order valence-corrected chi connectivity index (χ0v) is 17.0. The molecule has 2 aromatic carbocycles. The first-order chi connectivity index (χ1) is 14.1. The summed E-state index contributed by atoms with van der Waals surface area (Å²) in [6.45, 7) is -0.912. The van der Waals surface area contributed by atoms with Crippen molar-refractivity contribution in [3.63, 3.8) is 0 Å². The maximum Gasteiger partial charge on any atom is 0.416 e. The highest BCUT2D eigenvalue weighted by molar-refractivity contribution is 9.10. The second kappa shape index (κ2) is 8.57. The minimum atomic E-state index is -4.80. The van der Waals surface area contributed by atoms with Gasteiger partial charge in [-0.1, -0.05) is 36.4 Å². The van der Waals surface area contributed by atoms with Gasteiger partial charge in [-0.05, 0) is 33.6 Å². The number of aromatic nitrogens is 2. The molecule has 0 saturated carbocycles. The van der Waals surface area contributed by atoms with Gasteiger partial charge < -0.3 is 5.73 Å². The van der Waals surface area contributed by atoms with Crippen molar-refractivity contribution in [1.29, 1.82) is 0 Å². The van der Waals surface area contributed by atoms with Gasteiger partial charge in [0.15, 0.2) is 0 Å². The summed E-state index contributed by atoms with van der Waals surface area (Å²) in [5.74, 6) is -1.11. The molecule has 0 aliphatic carbocycles. The van der Waals surface area contributed by atoms with E-state index in [4.69, 9.17) is 5.73 Å². The van der Waals surface area contributed by atoms with Crippen molar-refractivity contribution in [3.8, 4) is 0 Å². The van der Waals surface area contributed by atoms with Crippen LogP contribution in [-0.4, -0.2) is 9.13 Å². The molecule has 0 fully saturated rings. The van der Waals surface area contributed by atoms with Crippen molar-refractivity contribution >= 4 is 15.9 Å². The van der Waals surface area contributed by atoms with Crippen LogP contribution in [0.4, 0.5) is 17.6 Å². The molecule has 0 aliphatic heterocycles. The van der Waals surface area contributed by atoms with Crippen LogP contribution in [-0.2, 0) is 19.3 Å². The number of nitrogens with two attached hydrogens (primary N) is 1. The first-order valence-electron chi connectivity index (χ1n) is 8.74. The van der Waals surface area contributed by atoms with E-state index in [-0.39, 0.29) is 11.0 Å².